The average Bonchev–Trinajstić information content (AvgIpc) is 2.82. The Hall–Kier alpha value is -0.870. The van der Waals surface area contributed by atoms with E-state index in [2.05, 4.69) is 21.9 Å². The summed E-state index contributed by atoms with van der Waals surface area (Å²) in [6.45, 7) is 2.92. The van der Waals surface area contributed by atoms with Gasteiger partial charge in [0.1, 0.15) is 17.1 Å². The maximum absolute atomic E-state index is 6.29. The molecule has 0 aliphatic heterocycles. The molecule has 20 heavy (non-hydrogen) atoms. The summed E-state index contributed by atoms with van der Waals surface area (Å²) in [4.78, 5) is 4.68. The Kier molecular flexibility index (Phi) is 5.61. The molecule has 110 valence electrons. The molecule has 0 aliphatic rings. The predicted octanol–water partition coefficient (Wildman–Crippen LogP) is 4.49. The summed E-state index contributed by atoms with van der Waals surface area (Å²) >= 11 is 8.18. The van der Waals surface area contributed by atoms with Crippen molar-refractivity contribution in [1.82, 2.24) is 9.55 Å². The minimum absolute atomic E-state index is 0.104. The first-order valence-corrected chi connectivity index (χ1v) is 8.68. The largest absolute Gasteiger partial charge is 0.494 e. The number of unbranched alkanes of at least 4 members (excludes halogenated alkanes) is 1. The van der Waals surface area contributed by atoms with E-state index in [1.807, 2.05) is 30.8 Å². The quantitative estimate of drug-likeness (QED) is 0.557. The van der Waals surface area contributed by atoms with Crippen LogP contribution in [0, 0.1) is 0 Å². The number of imidazole rings is 1. The van der Waals surface area contributed by atoms with Crippen molar-refractivity contribution in [3.05, 3.63) is 24.0 Å². The van der Waals surface area contributed by atoms with Gasteiger partial charge in [0, 0.05) is 6.54 Å². The highest BCUT2D eigenvalue weighted by molar-refractivity contribution is 7.98. The smallest absolute Gasteiger partial charge is 0.146 e. The van der Waals surface area contributed by atoms with Gasteiger partial charge in [-0.25, -0.2) is 4.98 Å². The van der Waals surface area contributed by atoms with Gasteiger partial charge in [-0.05, 0) is 43.9 Å². The van der Waals surface area contributed by atoms with Crippen LogP contribution in [-0.4, -0.2) is 28.7 Å². The topological polar surface area (TPSA) is 27.1 Å². The average molecular weight is 313 g/mol. The molecule has 0 spiro atoms. The summed E-state index contributed by atoms with van der Waals surface area (Å²) in [6.07, 6.45) is 4.49. The Bertz CT molecular complexity index is 568. The lowest BCUT2D eigenvalue weighted by molar-refractivity contribution is 0.419. The van der Waals surface area contributed by atoms with Gasteiger partial charge >= 0.3 is 0 Å². The van der Waals surface area contributed by atoms with Crippen LogP contribution in [0.1, 0.15) is 31.0 Å². The van der Waals surface area contributed by atoms with Crippen LogP contribution < -0.4 is 4.74 Å². The maximum atomic E-state index is 6.29. The normalized spacial score (nSPS) is 12.8. The SMILES string of the molecule is COc1cccc2c1nc(C(C)Cl)n2CCCCSC. The second-order valence-electron chi connectivity index (χ2n) is 4.77. The number of rotatable bonds is 7. The molecule has 3 nitrogen and oxygen atoms in total. The van der Waals surface area contributed by atoms with Gasteiger partial charge in [-0.15, -0.1) is 11.6 Å². The minimum atomic E-state index is -0.104. The van der Waals surface area contributed by atoms with Crippen LogP contribution in [0.4, 0.5) is 0 Å². The zero-order chi connectivity index (χ0) is 14.5. The highest BCUT2D eigenvalue weighted by atomic mass is 35.5. The summed E-state index contributed by atoms with van der Waals surface area (Å²) in [7, 11) is 1.68. The molecule has 1 unspecified atom stereocenters. The van der Waals surface area contributed by atoms with Crippen molar-refractivity contribution in [3.63, 3.8) is 0 Å². The highest BCUT2D eigenvalue weighted by Gasteiger charge is 2.16. The molecule has 0 bridgehead atoms. The molecule has 0 N–H and O–H groups in total. The van der Waals surface area contributed by atoms with Crippen LogP contribution in [0.5, 0.6) is 5.75 Å². The highest BCUT2D eigenvalue weighted by Crippen LogP contribution is 2.30. The van der Waals surface area contributed by atoms with Crippen molar-refractivity contribution in [2.45, 2.75) is 31.7 Å². The summed E-state index contributed by atoms with van der Waals surface area (Å²) in [5.41, 5.74) is 2.01. The van der Waals surface area contributed by atoms with Crippen LogP contribution in [0.3, 0.4) is 0 Å². The van der Waals surface area contributed by atoms with Crippen molar-refractivity contribution in [3.8, 4) is 5.75 Å². The molecule has 0 saturated carbocycles. The predicted molar refractivity (Wildman–Crippen MR) is 88.2 cm³/mol. The zero-order valence-corrected chi connectivity index (χ0v) is 13.8. The van der Waals surface area contributed by atoms with E-state index in [1.54, 1.807) is 7.11 Å². The summed E-state index contributed by atoms with van der Waals surface area (Å²) < 4.78 is 7.63. The van der Waals surface area contributed by atoms with E-state index in [4.69, 9.17) is 16.3 Å². The molecule has 0 radical (unpaired) electrons. The molecule has 0 amide bonds. The molecule has 1 aromatic heterocycles. The molecule has 0 aliphatic carbocycles. The molecule has 1 heterocycles. The van der Waals surface area contributed by atoms with E-state index >= 15 is 0 Å². The molecule has 2 rings (SSSR count). The van der Waals surface area contributed by atoms with Crippen LogP contribution in [0.15, 0.2) is 18.2 Å². The van der Waals surface area contributed by atoms with Gasteiger partial charge in [-0.1, -0.05) is 6.07 Å². The third kappa shape index (κ3) is 3.23. The van der Waals surface area contributed by atoms with Gasteiger partial charge < -0.3 is 9.30 Å². The van der Waals surface area contributed by atoms with Crippen molar-refractivity contribution >= 4 is 34.4 Å². The Morgan fingerprint density at radius 3 is 2.85 bits per heavy atom. The third-order valence-electron chi connectivity index (χ3n) is 3.33. The third-order valence-corrected chi connectivity index (χ3v) is 4.22. The van der Waals surface area contributed by atoms with E-state index in [-0.39, 0.29) is 5.38 Å². The van der Waals surface area contributed by atoms with Gasteiger partial charge in [-0.3, -0.25) is 0 Å². The minimum Gasteiger partial charge on any atom is -0.494 e. The molecule has 1 aromatic carbocycles. The Morgan fingerprint density at radius 2 is 2.20 bits per heavy atom. The fraction of sp³-hybridized carbons (Fsp3) is 0.533. The molecular weight excluding hydrogens is 292 g/mol. The molecule has 2 aromatic rings. The van der Waals surface area contributed by atoms with Gasteiger partial charge in [-0.2, -0.15) is 11.8 Å². The van der Waals surface area contributed by atoms with Crippen molar-refractivity contribution in [2.24, 2.45) is 0 Å². The van der Waals surface area contributed by atoms with Gasteiger partial charge in [0.2, 0.25) is 0 Å². The van der Waals surface area contributed by atoms with Crippen molar-refractivity contribution in [1.29, 1.82) is 0 Å². The number of thioether (sulfide) groups is 1. The lowest BCUT2D eigenvalue weighted by Crippen LogP contribution is -2.05. The Morgan fingerprint density at radius 1 is 1.40 bits per heavy atom. The number of hydrogen-bond acceptors (Lipinski definition) is 3. The lowest BCUT2D eigenvalue weighted by atomic mass is 10.2. The fourth-order valence-corrected chi connectivity index (χ4v) is 3.02. The van der Waals surface area contributed by atoms with Gasteiger partial charge in [0.25, 0.3) is 0 Å². The number of ether oxygens (including phenoxy) is 1. The second kappa shape index (κ2) is 7.23. The van der Waals surface area contributed by atoms with Crippen LogP contribution in [0.25, 0.3) is 11.0 Å². The van der Waals surface area contributed by atoms with Gasteiger partial charge in [0.05, 0.1) is 18.0 Å². The maximum Gasteiger partial charge on any atom is 0.146 e. The standard InChI is InChI=1S/C15H21ClN2OS/c1-11(16)15-17-14-12(7-6-8-13(14)19-2)18(15)9-4-5-10-20-3/h6-8,11H,4-5,9-10H2,1-3H3. The van der Waals surface area contributed by atoms with E-state index in [0.717, 1.165) is 35.6 Å². The number of aromatic nitrogens is 2. The molecule has 0 fully saturated rings. The van der Waals surface area contributed by atoms with Crippen LogP contribution in [0.2, 0.25) is 0 Å². The Labute approximate surface area is 129 Å². The van der Waals surface area contributed by atoms with Crippen LogP contribution in [-0.2, 0) is 6.54 Å². The number of halogens is 1. The summed E-state index contributed by atoms with van der Waals surface area (Å²) in [5.74, 6) is 2.93. The lowest BCUT2D eigenvalue weighted by Gasteiger charge is -2.10. The number of aryl methyl sites for hydroxylation is 1. The first-order chi connectivity index (χ1) is 9.69. The number of para-hydroxylation sites is 1. The fourth-order valence-electron chi connectivity index (χ4n) is 2.36. The van der Waals surface area contributed by atoms with E-state index in [0.29, 0.717) is 0 Å². The van der Waals surface area contributed by atoms with E-state index < -0.39 is 0 Å². The summed E-state index contributed by atoms with van der Waals surface area (Å²) in [6, 6.07) is 6.03. The zero-order valence-electron chi connectivity index (χ0n) is 12.2. The first kappa shape index (κ1) is 15.5. The number of nitrogens with zero attached hydrogens (tertiary/aromatic N) is 2. The number of benzene rings is 1. The molecular formula is C15H21ClN2OS. The van der Waals surface area contributed by atoms with Crippen molar-refractivity contribution in [2.75, 3.05) is 19.1 Å². The summed E-state index contributed by atoms with van der Waals surface area (Å²) in [5, 5.41) is -0.104. The monoisotopic (exact) mass is 312 g/mol. The number of alkyl halides is 1. The molecule has 1 atom stereocenters. The molecule has 5 heteroatoms. The second-order valence-corrected chi connectivity index (χ2v) is 6.41. The van der Waals surface area contributed by atoms with E-state index in [9.17, 15) is 0 Å². The van der Waals surface area contributed by atoms with Gasteiger partial charge in [0.15, 0.2) is 0 Å². The van der Waals surface area contributed by atoms with Crippen molar-refractivity contribution < 1.29 is 4.74 Å². The number of methoxy groups -OCH3 is 1. The molecule has 0 saturated heterocycles. The Balaban J connectivity index is 2.36. The number of fused-ring (bicyclic) bond motifs is 1. The number of hydrogen-bond donors (Lipinski definition) is 0. The van der Waals surface area contributed by atoms with E-state index in [1.165, 1.54) is 12.2 Å². The first-order valence-electron chi connectivity index (χ1n) is 6.85. The van der Waals surface area contributed by atoms with Crippen LogP contribution >= 0.6 is 23.4 Å².